The van der Waals surface area contributed by atoms with E-state index in [1.165, 1.54) is 10.9 Å². The van der Waals surface area contributed by atoms with Gasteiger partial charge in [-0.1, -0.05) is 11.3 Å². The van der Waals surface area contributed by atoms with Crippen molar-refractivity contribution in [2.75, 3.05) is 32.2 Å². The quantitative estimate of drug-likeness (QED) is 0.683. The molecule has 0 unspecified atom stereocenters. The number of carboxylic acid groups (broad SMARTS) is 1. The Morgan fingerprint density at radius 2 is 2.17 bits per heavy atom. The Hall–Kier alpha value is -2.78. The SMILES string of the molecule is COCCOCC(=O)Nc1cccc(-n2cc(C(=O)O)nn2)c1. The zero-order valence-electron chi connectivity index (χ0n) is 12.4. The number of aromatic nitrogens is 3. The van der Waals surface area contributed by atoms with Crippen LogP contribution in [0.15, 0.2) is 30.5 Å². The molecule has 1 aromatic carbocycles. The lowest BCUT2D eigenvalue weighted by molar-refractivity contribution is -0.121. The number of ether oxygens (including phenoxy) is 2. The molecule has 2 N–H and O–H groups in total. The Morgan fingerprint density at radius 3 is 2.87 bits per heavy atom. The number of anilines is 1. The van der Waals surface area contributed by atoms with Crippen molar-refractivity contribution in [3.05, 3.63) is 36.2 Å². The minimum Gasteiger partial charge on any atom is -0.476 e. The summed E-state index contributed by atoms with van der Waals surface area (Å²) in [6.45, 7) is 0.669. The largest absolute Gasteiger partial charge is 0.476 e. The molecule has 0 fully saturated rings. The normalized spacial score (nSPS) is 10.5. The first-order chi connectivity index (χ1) is 11.1. The number of rotatable bonds is 8. The Balaban J connectivity index is 1.99. The number of nitrogens with one attached hydrogen (secondary N) is 1. The molecule has 0 bridgehead atoms. The van der Waals surface area contributed by atoms with Gasteiger partial charge in [0.1, 0.15) is 6.61 Å². The van der Waals surface area contributed by atoms with Crippen LogP contribution in [0, 0.1) is 0 Å². The highest BCUT2D eigenvalue weighted by Gasteiger charge is 2.10. The van der Waals surface area contributed by atoms with Gasteiger partial charge in [0.2, 0.25) is 5.91 Å². The van der Waals surface area contributed by atoms with Crippen LogP contribution >= 0.6 is 0 Å². The summed E-state index contributed by atoms with van der Waals surface area (Å²) in [5.74, 6) is -1.46. The highest BCUT2D eigenvalue weighted by molar-refractivity contribution is 5.92. The van der Waals surface area contributed by atoms with Gasteiger partial charge in [-0.3, -0.25) is 4.79 Å². The zero-order chi connectivity index (χ0) is 16.7. The van der Waals surface area contributed by atoms with E-state index >= 15 is 0 Å². The number of methoxy groups -OCH3 is 1. The van der Waals surface area contributed by atoms with Crippen LogP contribution in [0.3, 0.4) is 0 Å². The minimum atomic E-state index is -1.16. The number of benzene rings is 1. The topological polar surface area (TPSA) is 116 Å². The second-order valence-corrected chi connectivity index (χ2v) is 4.50. The molecule has 1 heterocycles. The highest BCUT2D eigenvalue weighted by Crippen LogP contribution is 2.14. The van der Waals surface area contributed by atoms with Gasteiger partial charge >= 0.3 is 5.97 Å². The lowest BCUT2D eigenvalue weighted by Crippen LogP contribution is -2.19. The lowest BCUT2D eigenvalue weighted by atomic mass is 10.2. The second kappa shape index (κ2) is 8.01. The van der Waals surface area contributed by atoms with Crippen molar-refractivity contribution < 1.29 is 24.2 Å². The van der Waals surface area contributed by atoms with Crippen molar-refractivity contribution in [3.8, 4) is 5.69 Å². The molecule has 1 amide bonds. The Morgan fingerprint density at radius 1 is 1.35 bits per heavy atom. The van der Waals surface area contributed by atoms with Crippen LogP contribution in [0.25, 0.3) is 5.69 Å². The van der Waals surface area contributed by atoms with E-state index in [-0.39, 0.29) is 18.2 Å². The van der Waals surface area contributed by atoms with Crippen molar-refractivity contribution in [2.24, 2.45) is 0 Å². The van der Waals surface area contributed by atoms with Crippen LogP contribution in [0.5, 0.6) is 0 Å². The molecular weight excluding hydrogens is 304 g/mol. The predicted octanol–water partition coefficient (Wildman–Crippen LogP) is 0.567. The summed E-state index contributed by atoms with van der Waals surface area (Å²) in [4.78, 5) is 22.5. The number of hydrogen-bond acceptors (Lipinski definition) is 6. The van der Waals surface area contributed by atoms with E-state index in [2.05, 4.69) is 15.6 Å². The van der Waals surface area contributed by atoms with Crippen LogP contribution in [-0.4, -0.2) is 58.9 Å². The van der Waals surface area contributed by atoms with Crippen molar-refractivity contribution >= 4 is 17.6 Å². The number of carbonyl (C=O) groups is 2. The first-order valence-electron chi connectivity index (χ1n) is 6.73. The molecule has 9 heteroatoms. The van der Waals surface area contributed by atoms with Gasteiger partial charge in [0.15, 0.2) is 5.69 Å². The number of aromatic carboxylic acids is 1. The van der Waals surface area contributed by atoms with Crippen LogP contribution in [0.1, 0.15) is 10.5 Å². The zero-order valence-corrected chi connectivity index (χ0v) is 12.4. The van der Waals surface area contributed by atoms with E-state index in [0.29, 0.717) is 24.6 Å². The maximum absolute atomic E-state index is 11.7. The molecule has 0 radical (unpaired) electrons. The molecule has 122 valence electrons. The van der Waals surface area contributed by atoms with Gasteiger partial charge in [-0.2, -0.15) is 0 Å². The smallest absolute Gasteiger partial charge is 0.358 e. The van der Waals surface area contributed by atoms with Crippen molar-refractivity contribution in [1.29, 1.82) is 0 Å². The first-order valence-corrected chi connectivity index (χ1v) is 6.73. The average molecular weight is 320 g/mol. The summed E-state index contributed by atoms with van der Waals surface area (Å²) in [5, 5.41) is 18.8. The van der Waals surface area contributed by atoms with Gasteiger partial charge in [-0.25, -0.2) is 9.48 Å². The number of carbonyl (C=O) groups excluding carboxylic acids is 1. The molecule has 0 aliphatic heterocycles. The van der Waals surface area contributed by atoms with E-state index in [1.807, 2.05) is 0 Å². The number of nitrogens with zero attached hydrogens (tertiary/aromatic N) is 3. The monoisotopic (exact) mass is 320 g/mol. The first kappa shape index (κ1) is 16.6. The summed E-state index contributed by atoms with van der Waals surface area (Å²) in [7, 11) is 1.55. The Labute approximate surface area is 131 Å². The fraction of sp³-hybridized carbons (Fsp3) is 0.286. The molecule has 23 heavy (non-hydrogen) atoms. The molecule has 0 aliphatic rings. The molecule has 2 rings (SSSR count). The average Bonchev–Trinajstić information content (AvgIpc) is 3.02. The number of amides is 1. The lowest BCUT2D eigenvalue weighted by Gasteiger charge is -2.07. The molecule has 0 spiro atoms. The van der Waals surface area contributed by atoms with E-state index in [9.17, 15) is 9.59 Å². The van der Waals surface area contributed by atoms with Crippen molar-refractivity contribution in [3.63, 3.8) is 0 Å². The van der Waals surface area contributed by atoms with Gasteiger partial charge < -0.3 is 19.9 Å². The van der Waals surface area contributed by atoms with Crippen molar-refractivity contribution in [2.45, 2.75) is 0 Å². The summed E-state index contributed by atoms with van der Waals surface area (Å²) in [6.07, 6.45) is 1.29. The third-order valence-corrected chi connectivity index (χ3v) is 2.77. The third-order valence-electron chi connectivity index (χ3n) is 2.77. The summed E-state index contributed by atoms with van der Waals surface area (Å²) < 4.78 is 11.2. The fourth-order valence-corrected chi connectivity index (χ4v) is 1.72. The second-order valence-electron chi connectivity index (χ2n) is 4.50. The molecule has 2 aromatic rings. The van der Waals surface area contributed by atoms with Crippen LogP contribution < -0.4 is 5.32 Å². The number of hydrogen-bond donors (Lipinski definition) is 2. The highest BCUT2D eigenvalue weighted by atomic mass is 16.5. The van der Waals surface area contributed by atoms with Crippen molar-refractivity contribution in [1.82, 2.24) is 15.0 Å². The Kier molecular flexibility index (Phi) is 5.78. The molecule has 0 atom stereocenters. The summed E-state index contributed by atoms with van der Waals surface area (Å²) >= 11 is 0. The molecule has 1 aromatic heterocycles. The third kappa shape index (κ3) is 4.87. The standard InChI is InChI=1S/C14H16N4O5/c1-22-5-6-23-9-13(19)15-10-3-2-4-11(7-10)18-8-12(14(20)21)16-17-18/h2-4,7-8H,5-6,9H2,1H3,(H,15,19)(H,20,21). The van der Waals surface area contributed by atoms with Gasteiger partial charge in [0, 0.05) is 12.8 Å². The summed E-state index contributed by atoms with van der Waals surface area (Å²) in [6, 6.07) is 6.77. The van der Waals surface area contributed by atoms with Crippen LogP contribution in [0.4, 0.5) is 5.69 Å². The summed E-state index contributed by atoms with van der Waals surface area (Å²) in [5.41, 5.74) is 0.948. The van der Waals surface area contributed by atoms with Crippen LogP contribution in [0.2, 0.25) is 0 Å². The van der Waals surface area contributed by atoms with Gasteiger partial charge in [-0.05, 0) is 18.2 Å². The maximum atomic E-state index is 11.7. The maximum Gasteiger partial charge on any atom is 0.358 e. The van der Waals surface area contributed by atoms with E-state index in [1.54, 1.807) is 31.4 Å². The number of carboxylic acids is 1. The van der Waals surface area contributed by atoms with E-state index in [0.717, 1.165) is 0 Å². The van der Waals surface area contributed by atoms with Gasteiger partial charge in [0.05, 0.1) is 25.1 Å². The van der Waals surface area contributed by atoms with Gasteiger partial charge in [0.25, 0.3) is 0 Å². The van der Waals surface area contributed by atoms with Gasteiger partial charge in [-0.15, -0.1) is 5.10 Å². The molecule has 0 aliphatic carbocycles. The van der Waals surface area contributed by atoms with E-state index < -0.39 is 5.97 Å². The Bertz CT molecular complexity index is 685. The molecule has 0 saturated heterocycles. The predicted molar refractivity (Wildman–Crippen MR) is 79.6 cm³/mol. The van der Waals surface area contributed by atoms with E-state index in [4.69, 9.17) is 14.6 Å². The molecule has 9 nitrogen and oxygen atoms in total. The van der Waals surface area contributed by atoms with Crippen LogP contribution in [-0.2, 0) is 14.3 Å². The minimum absolute atomic E-state index is 0.0833. The fourth-order valence-electron chi connectivity index (χ4n) is 1.72. The molecule has 0 saturated carbocycles. The molecular formula is C14H16N4O5.